The van der Waals surface area contributed by atoms with Gasteiger partial charge in [-0.25, -0.2) is 0 Å². The van der Waals surface area contributed by atoms with Crippen molar-refractivity contribution in [2.45, 2.75) is 19.6 Å². The second kappa shape index (κ2) is 8.46. The van der Waals surface area contributed by atoms with E-state index in [1.165, 1.54) is 5.56 Å². The number of aliphatic hydroxyl groups excluding tert-OH is 1. The number of aromatic hydroxyl groups is 1. The number of rotatable bonds is 8. The molecule has 0 spiro atoms. The molecule has 25 heavy (non-hydrogen) atoms. The van der Waals surface area contributed by atoms with Crippen LogP contribution in [0.1, 0.15) is 16.7 Å². The Balaban J connectivity index is 1.65. The zero-order valence-corrected chi connectivity index (χ0v) is 14.1. The monoisotopic (exact) mass is 337 g/mol. The lowest BCUT2D eigenvalue weighted by Crippen LogP contribution is -2.26. The summed E-state index contributed by atoms with van der Waals surface area (Å²) in [7, 11) is 0. The average molecular weight is 337 g/mol. The molecule has 0 aliphatic rings. The third kappa shape index (κ3) is 4.92. The lowest BCUT2D eigenvalue weighted by molar-refractivity contribution is 0.183. The SMILES string of the molecule is OCCN(Cc1cnn(Cc2ccccc2)c1)Cc1ccccc1O. The van der Waals surface area contributed by atoms with Gasteiger partial charge < -0.3 is 10.2 Å². The van der Waals surface area contributed by atoms with Crippen molar-refractivity contribution in [1.29, 1.82) is 0 Å². The Bertz CT molecular complexity index is 786. The third-order valence-corrected chi connectivity index (χ3v) is 4.08. The van der Waals surface area contributed by atoms with Gasteiger partial charge in [-0.05, 0) is 11.6 Å². The quantitative estimate of drug-likeness (QED) is 0.663. The summed E-state index contributed by atoms with van der Waals surface area (Å²) >= 11 is 0. The van der Waals surface area contributed by atoms with Crippen LogP contribution in [0.2, 0.25) is 0 Å². The van der Waals surface area contributed by atoms with Gasteiger partial charge in [0.2, 0.25) is 0 Å². The molecule has 0 saturated heterocycles. The molecule has 0 saturated carbocycles. The minimum absolute atomic E-state index is 0.0751. The fraction of sp³-hybridized carbons (Fsp3) is 0.250. The lowest BCUT2D eigenvalue weighted by atomic mass is 10.2. The van der Waals surface area contributed by atoms with Crippen molar-refractivity contribution in [1.82, 2.24) is 14.7 Å². The van der Waals surface area contributed by atoms with E-state index in [1.54, 1.807) is 6.07 Å². The molecular formula is C20H23N3O2. The number of para-hydroxylation sites is 1. The molecule has 0 bridgehead atoms. The van der Waals surface area contributed by atoms with Crippen LogP contribution in [-0.2, 0) is 19.6 Å². The van der Waals surface area contributed by atoms with E-state index in [-0.39, 0.29) is 12.4 Å². The number of hydrogen-bond acceptors (Lipinski definition) is 4. The Morgan fingerprint density at radius 2 is 1.68 bits per heavy atom. The van der Waals surface area contributed by atoms with Crippen molar-refractivity contribution in [2.24, 2.45) is 0 Å². The summed E-state index contributed by atoms with van der Waals surface area (Å²) in [6.45, 7) is 2.60. The van der Waals surface area contributed by atoms with Crippen molar-refractivity contribution < 1.29 is 10.2 Å². The molecule has 3 aromatic rings. The van der Waals surface area contributed by atoms with E-state index < -0.39 is 0 Å². The summed E-state index contributed by atoms with van der Waals surface area (Å²) in [5.74, 6) is 0.283. The highest BCUT2D eigenvalue weighted by atomic mass is 16.3. The molecule has 0 aliphatic heterocycles. The lowest BCUT2D eigenvalue weighted by Gasteiger charge is -2.21. The van der Waals surface area contributed by atoms with E-state index in [0.29, 0.717) is 19.6 Å². The topological polar surface area (TPSA) is 61.5 Å². The highest BCUT2D eigenvalue weighted by Crippen LogP contribution is 2.19. The molecule has 1 aromatic heterocycles. The molecule has 0 aliphatic carbocycles. The first-order valence-corrected chi connectivity index (χ1v) is 8.40. The number of nitrogens with zero attached hydrogens (tertiary/aromatic N) is 3. The van der Waals surface area contributed by atoms with Gasteiger partial charge in [0.05, 0.1) is 19.3 Å². The Morgan fingerprint density at radius 1 is 0.920 bits per heavy atom. The molecule has 5 heteroatoms. The fourth-order valence-electron chi connectivity index (χ4n) is 2.84. The van der Waals surface area contributed by atoms with Gasteiger partial charge in [-0.1, -0.05) is 48.5 Å². The zero-order valence-electron chi connectivity index (χ0n) is 14.1. The molecule has 2 aromatic carbocycles. The Kier molecular flexibility index (Phi) is 5.82. The van der Waals surface area contributed by atoms with E-state index in [2.05, 4.69) is 22.1 Å². The Hall–Kier alpha value is -2.63. The number of benzene rings is 2. The van der Waals surface area contributed by atoms with Gasteiger partial charge in [-0.15, -0.1) is 0 Å². The Labute approximate surface area is 147 Å². The smallest absolute Gasteiger partial charge is 0.120 e. The van der Waals surface area contributed by atoms with Crippen molar-refractivity contribution >= 4 is 0 Å². The summed E-state index contributed by atoms with van der Waals surface area (Å²) in [6.07, 6.45) is 3.89. The standard InChI is InChI=1S/C20H23N3O2/c24-11-10-22(16-19-8-4-5-9-20(19)25)13-18-12-21-23(15-18)14-17-6-2-1-3-7-17/h1-9,12,15,24-25H,10-11,13-14,16H2. The van der Waals surface area contributed by atoms with Gasteiger partial charge in [-0.2, -0.15) is 5.10 Å². The van der Waals surface area contributed by atoms with Gasteiger partial charge in [-0.3, -0.25) is 9.58 Å². The first kappa shape index (κ1) is 17.2. The predicted octanol–water partition coefficient (Wildman–Crippen LogP) is 2.63. The first-order chi connectivity index (χ1) is 12.2. The fourth-order valence-corrected chi connectivity index (χ4v) is 2.84. The second-order valence-electron chi connectivity index (χ2n) is 6.09. The van der Waals surface area contributed by atoms with Crippen LogP contribution in [0, 0.1) is 0 Å². The molecule has 0 radical (unpaired) electrons. The number of hydrogen-bond donors (Lipinski definition) is 2. The van der Waals surface area contributed by atoms with Crippen LogP contribution in [0.3, 0.4) is 0 Å². The molecule has 0 fully saturated rings. The van der Waals surface area contributed by atoms with Gasteiger partial charge in [0.1, 0.15) is 5.75 Å². The third-order valence-electron chi connectivity index (χ3n) is 4.08. The molecule has 0 unspecified atom stereocenters. The van der Waals surface area contributed by atoms with E-state index >= 15 is 0 Å². The molecular weight excluding hydrogens is 314 g/mol. The highest BCUT2D eigenvalue weighted by Gasteiger charge is 2.10. The number of phenolic OH excluding ortho intramolecular Hbond substituents is 1. The van der Waals surface area contributed by atoms with E-state index in [0.717, 1.165) is 17.7 Å². The summed E-state index contributed by atoms with van der Waals surface area (Å²) in [4.78, 5) is 2.10. The molecule has 0 atom stereocenters. The first-order valence-electron chi connectivity index (χ1n) is 8.40. The summed E-state index contributed by atoms with van der Waals surface area (Å²) < 4.78 is 1.92. The second-order valence-corrected chi connectivity index (χ2v) is 6.09. The van der Waals surface area contributed by atoms with Crippen LogP contribution in [-0.4, -0.2) is 38.0 Å². The average Bonchev–Trinajstić information content (AvgIpc) is 3.05. The van der Waals surface area contributed by atoms with Crippen molar-refractivity contribution in [3.05, 3.63) is 83.7 Å². The van der Waals surface area contributed by atoms with Crippen LogP contribution in [0.15, 0.2) is 67.0 Å². The predicted molar refractivity (Wildman–Crippen MR) is 97.1 cm³/mol. The van der Waals surface area contributed by atoms with Crippen molar-refractivity contribution in [2.75, 3.05) is 13.2 Å². The number of aliphatic hydroxyl groups is 1. The molecule has 130 valence electrons. The summed E-state index contributed by atoms with van der Waals surface area (Å²) in [6, 6.07) is 17.5. The maximum absolute atomic E-state index is 9.96. The van der Waals surface area contributed by atoms with E-state index in [9.17, 15) is 10.2 Å². The van der Waals surface area contributed by atoms with Crippen LogP contribution in [0.25, 0.3) is 0 Å². The highest BCUT2D eigenvalue weighted by molar-refractivity contribution is 5.31. The van der Waals surface area contributed by atoms with Gasteiger partial charge in [0, 0.05) is 37.0 Å². The number of phenols is 1. The largest absolute Gasteiger partial charge is 0.508 e. The van der Waals surface area contributed by atoms with Crippen LogP contribution in [0.4, 0.5) is 0 Å². The summed E-state index contributed by atoms with van der Waals surface area (Å²) in [5, 5.41) is 23.7. The van der Waals surface area contributed by atoms with Gasteiger partial charge in [0.25, 0.3) is 0 Å². The molecule has 3 rings (SSSR count). The minimum atomic E-state index is 0.0751. The molecule has 5 nitrogen and oxygen atoms in total. The van der Waals surface area contributed by atoms with Crippen LogP contribution < -0.4 is 0 Å². The maximum atomic E-state index is 9.96. The van der Waals surface area contributed by atoms with Gasteiger partial charge >= 0.3 is 0 Å². The molecule has 1 heterocycles. The number of aromatic nitrogens is 2. The van der Waals surface area contributed by atoms with Crippen LogP contribution in [0.5, 0.6) is 5.75 Å². The zero-order chi connectivity index (χ0) is 17.5. The maximum Gasteiger partial charge on any atom is 0.120 e. The van der Waals surface area contributed by atoms with E-state index in [1.807, 2.05) is 53.5 Å². The molecule has 0 amide bonds. The van der Waals surface area contributed by atoms with Crippen molar-refractivity contribution in [3.63, 3.8) is 0 Å². The Morgan fingerprint density at radius 3 is 2.44 bits per heavy atom. The summed E-state index contributed by atoms with van der Waals surface area (Å²) in [5.41, 5.74) is 3.14. The van der Waals surface area contributed by atoms with Crippen molar-refractivity contribution in [3.8, 4) is 5.75 Å². The normalized spacial score (nSPS) is 11.1. The van der Waals surface area contributed by atoms with E-state index in [4.69, 9.17) is 0 Å². The van der Waals surface area contributed by atoms with Gasteiger partial charge in [0.15, 0.2) is 0 Å². The van der Waals surface area contributed by atoms with Crippen LogP contribution >= 0.6 is 0 Å². The minimum Gasteiger partial charge on any atom is -0.508 e. The molecule has 2 N–H and O–H groups in total.